The number of nitrogens with zero attached hydrogens (tertiary/aromatic N) is 1. The maximum absolute atomic E-state index is 13.1. The van der Waals surface area contributed by atoms with Crippen LogP contribution in [0, 0.1) is 0 Å². The van der Waals surface area contributed by atoms with E-state index >= 15 is 0 Å². The van der Waals surface area contributed by atoms with E-state index in [9.17, 15) is 13.2 Å². The lowest BCUT2D eigenvalue weighted by atomic mass is 9.87. The third-order valence-corrected chi connectivity index (χ3v) is 7.94. The van der Waals surface area contributed by atoms with Crippen LogP contribution in [0.2, 0.25) is 5.02 Å². The Kier molecular flexibility index (Phi) is 6.65. The van der Waals surface area contributed by atoms with Crippen molar-refractivity contribution in [1.82, 2.24) is 9.62 Å². The molecule has 0 fully saturated rings. The van der Waals surface area contributed by atoms with Crippen molar-refractivity contribution >= 4 is 27.5 Å². The van der Waals surface area contributed by atoms with Crippen molar-refractivity contribution in [2.75, 3.05) is 7.05 Å². The van der Waals surface area contributed by atoms with Gasteiger partial charge in [0.1, 0.15) is 0 Å². The van der Waals surface area contributed by atoms with E-state index in [4.69, 9.17) is 11.6 Å². The van der Waals surface area contributed by atoms with Gasteiger partial charge in [-0.1, -0.05) is 66.2 Å². The van der Waals surface area contributed by atoms with E-state index in [-0.39, 0.29) is 34.0 Å². The summed E-state index contributed by atoms with van der Waals surface area (Å²) in [5, 5.41) is 3.27. The molecule has 0 aliphatic heterocycles. The molecule has 0 aromatic heterocycles. The number of hydrogen-bond acceptors (Lipinski definition) is 3. The van der Waals surface area contributed by atoms with E-state index in [2.05, 4.69) is 11.4 Å². The molecule has 0 unspecified atom stereocenters. The van der Waals surface area contributed by atoms with E-state index in [1.807, 2.05) is 48.5 Å². The standard InChI is InChI=1S/C25H25ClN2O3S/c1-28(17-18-8-3-2-4-9-18)32(30,31)20-14-15-23(26)22(16-20)25(29)27-24-13-7-11-19-10-5-6-12-21(19)24/h2-6,8-10,12,14-16,24H,7,11,13,17H2,1H3,(H,27,29)/t24-/m1/s1. The molecule has 1 amide bonds. The van der Waals surface area contributed by atoms with Crippen molar-refractivity contribution in [1.29, 1.82) is 0 Å². The highest BCUT2D eigenvalue weighted by Crippen LogP contribution is 2.30. The predicted octanol–water partition coefficient (Wildman–Crippen LogP) is 4.97. The summed E-state index contributed by atoms with van der Waals surface area (Å²) in [5.74, 6) is -0.375. The number of carbonyl (C=O) groups excluding carboxylic acids is 1. The zero-order valence-electron chi connectivity index (χ0n) is 17.8. The highest BCUT2D eigenvalue weighted by atomic mass is 35.5. The normalized spacial score (nSPS) is 15.9. The number of aryl methyl sites for hydroxylation is 1. The molecule has 3 aromatic rings. The summed E-state index contributed by atoms with van der Waals surface area (Å²) in [6.45, 7) is 0.228. The van der Waals surface area contributed by atoms with Gasteiger partial charge in [0.15, 0.2) is 0 Å². The van der Waals surface area contributed by atoms with Gasteiger partial charge in [-0.25, -0.2) is 8.42 Å². The second-order valence-corrected chi connectivity index (χ2v) is 10.5. The van der Waals surface area contributed by atoms with Crippen molar-refractivity contribution in [2.24, 2.45) is 0 Å². The van der Waals surface area contributed by atoms with Gasteiger partial charge in [0.25, 0.3) is 5.91 Å². The molecule has 1 N–H and O–H groups in total. The van der Waals surface area contributed by atoms with Gasteiger partial charge in [-0.3, -0.25) is 4.79 Å². The Balaban J connectivity index is 1.57. The van der Waals surface area contributed by atoms with Gasteiger partial charge in [-0.05, 0) is 54.2 Å². The molecule has 1 aliphatic rings. The monoisotopic (exact) mass is 468 g/mol. The molecule has 7 heteroatoms. The van der Waals surface area contributed by atoms with Crippen LogP contribution in [0.4, 0.5) is 0 Å². The lowest BCUT2D eigenvalue weighted by Gasteiger charge is -2.26. The van der Waals surface area contributed by atoms with Crippen LogP contribution in [-0.4, -0.2) is 25.7 Å². The van der Waals surface area contributed by atoms with Crippen molar-refractivity contribution in [3.8, 4) is 0 Å². The van der Waals surface area contributed by atoms with Gasteiger partial charge in [0.2, 0.25) is 10.0 Å². The third-order valence-electron chi connectivity index (χ3n) is 5.81. The predicted molar refractivity (Wildman–Crippen MR) is 126 cm³/mol. The number of amides is 1. The molecule has 0 saturated carbocycles. The largest absolute Gasteiger partial charge is 0.345 e. The first-order valence-corrected chi connectivity index (χ1v) is 12.4. The summed E-state index contributed by atoms with van der Waals surface area (Å²) in [6, 6.07) is 21.6. The molecule has 1 atom stereocenters. The Hall–Kier alpha value is -2.67. The third kappa shape index (κ3) is 4.72. The van der Waals surface area contributed by atoms with Gasteiger partial charge in [-0.15, -0.1) is 0 Å². The Morgan fingerprint density at radius 2 is 1.78 bits per heavy atom. The number of rotatable bonds is 6. The molecule has 5 nitrogen and oxygen atoms in total. The lowest BCUT2D eigenvalue weighted by molar-refractivity contribution is 0.0932. The fraction of sp³-hybridized carbons (Fsp3) is 0.240. The molecule has 4 rings (SSSR count). The van der Waals surface area contributed by atoms with Crippen LogP contribution in [0.1, 0.15) is 45.9 Å². The van der Waals surface area contributed by atoms with Crippen LogP contribution in [0.15, 0.2) is 77.7 Å². The summed E-state index contributed by atoms with van der Waals surface area (Å²) in [6.07, 6.45) is 2.80. The minimum absolute atomic E-state index is 0.0366. The van der Waals surface area contributed by atoms with Crippen LogP contribution in [-0.2, 0) is 23.0 Å². The smallest absolute Gasteiger partial charge is 0.253 e. The van der Waals surface area contributed by atoms with Gasteiger partial charge >= 0.3 is 0 Å². The van der Waals surface area contributed by atoms with E-state index in [1.54, 1.807) is 0 Å². The molecule has 1 aliphatic carbocycles. The van der Waals surface area contributed by atoms with Gasteiger partial charge in [0, 0.05) is 13.6 Å². The Bertz CT molecular complexity index is 1230. The molecule has 0 saturated heterocycles. The number of sulfonamides is 1. The number of nitrogens with one attached hydrogen (secondary N) is 1. The minimum atomic E-state index is -3.80. The van der Waals surface area contributed by atoms with Crippen LogP contribution in [0.25, 0.3) is 0 Å². The SMILES string of the molecule is CN(Cc1ccccc1)S(=O)(=O)c1ccc(Cl)c(C(=O)N[C@@H]2CCCc3ccccc32)c1. The van der Waals surface area contributed by atoms with Crippen LogP contribution in [0.3, 0.4) is 0 Å². The van der Waals surface area contributed by atoms with Crippen molar-refractivity contribution < 1.29 is 13.2 Å². The first-order chi connectivity index (χ1) is 15.4. The Morgan fingerprint density at radius 1 is 1.06 bits per heavy atom. The van der Waals surface area contributed by atoms with Crippen molar-refractivity contribution in [2.45, 2.75) is 36.7 Å². The molecule has 32 heavy (non-hydrogen) atoms. The average Bonchev–Trinajstić information content (AvgIpc) is 2.80. The van der Waals surface area contributed by atoms with Crippen molar-refractivity contribution in [3.63, 3.8) is 0 Å². The second-order valence-electron chi connectivity index (χ2n) is 8.01. The molecule has 3 aromatic carbocycles. The summed E-state index contributed by atoms with van der Waals surface area (Å²) >= 11 is 6.30. The summed E-state index contributed by atoms with van der Waals surface area (Å²) < 4.78 is 27.5. The van der Waals surface area contributed by atoms with Gasteiger partial charge in [0.05, 0.1) is 21.5 Å². The fourth-order valence-electron chi connectivity index (χ4n) is 4.08. The number of carbonyl (C=O) groups is 1. The molecule has 0 heterocycles. The maximum atomic E-state index is 13.1. The zero-order chi connectivity index (χ0) is 22.7. The van der Waals surface area contributed by atoms with E-state index in [0.717, 1.165) is 30.4 Å². The van der Waals surface area contributed by atoms with Crippen LogP contribution in [0.5, 0.6) is 0 Å². The van der Waals surface area contributed by atoms with Crippen molar-refractivity contribution in [3.05, 3.63) is 100 Å². The summed E-state index contributed by atoms with van der Waals surface area (Å²) in [4.78, 5) is 13.1. The lowest BCUT2D eigenvalue weighted by Crippen LogP contribution is -2.31. The highest BCUT2D eigenvalue weighted by molar-refractivity contribution is 7.89. The van der Waals surface area contributed by atoms with Crippen LogP contribution >= 0.6 is 11.6 Å². The Labute approximate surface area is 194 Å². The van der Waals surface area contributed by atoms with Gasteiger partial charge in [-0.2, -0.15) is 4.31 Å². The molecular formula is C25H25ClN2O3S. The summed E-state index contributed by atoms with van der Waals surface area (Å²) in [7, 11) is -2.27. The molecule has 0 radical (unpaired) electrons. The number of benzene rings is 3. The van der Waals surface area contributed by atoms with E-state index in [0.29, 0.717) is 0 Å². The minimum Gasteiger partial charge on any atom is -0.345 e. The number of halogens is 1. The zero-order valence-corrected chi connectivity index (χ0v) is 19.4. The Morgan fingerprint density at radius 3 is 2.56 bits per heavy atom. The fourth-order valence-corrected chi connectivity index (χ4v) is 5.47. The first kappa shape index (κ1) is 22.5. The number of fused-ring (bicyclic) bond motifs is 1. The van der Waals surface area contributed by atoms with E-state index < -0.39 is 10.0 Å². The van der Waals surface area contributed by atoms with Gasteiger partial charge < -0.3 is 5.32 Å². The topological polar surface area (TPSA) is 66.5 Å². The average molecular weight is 469 g/mol. The second kappa shape index (κ2) is 9.45. The highest BCUT2D eigenvalue weighted by Gasteiger charge is 2.26. The molecule has 166 valence electrons. The molecular weight excluding hydrogens is 444 g/mol. The van der Waals surface area contributed by atoms with E-state index in [1.165, 1.54) is 35.1 Å². The molecule has 0 spiro atoms. The molecule has 0 bridgehead atoms. The first-order valence-electron chi connectivity index (χ1n) is 10.5. The summed E-state index contributed by atoms with van der Waals surface area (Å²) in [5.41, 5.74) is 3.37. The van der Waals surface area contributed by atoms with Crippen LogP contribution < -0.4 is 5.32 Å². The number of hydrogen-bond donors (Lipinski definition) is 1. The maximum Gasteiger partial charge on any atom is 0.253 e. The quantitative estimate of drug-likeness (QED) is 0.555.